The summed E-state index contributed by atoms with van der Waals surface area (Å²) in [6, 6.07) is 0.359. The van der Waals surface area contributed by atoms with Crippen molar-refractivity contribution in [2.24, 2.45) is 11.1 Å². The number of hydrogen-bond acceptors (Lipinski definition) is 4. The predicted octanol–water partition coefficient (Wildman–Crippen LogP) is 1.72. The lowest BCUT2D eigenvalue weighted by atomic mass is 9.55. The standard InChI is InChI=1S/C14H27NO3/c1-16-7-8-17-9-10-18-13-11-12(15)14(13)5-3-2-4-6-14/h12-13H,2-11,15H2,1H3. The van der Waals surface area contributed by atoms with E-state index in [0.29, 0.717) is 44.0 Å². The summed E-state index contributed by atoms with van der Waals surface area (Å²) in [5, 5.41) is 0. The molecule has 0 aromatic rings. The van der Waals surface area contributed by atoms with Crippen LogP contribution in [0.3, 0.4) is 0 Å². The second-order valence-electron chi connectivity index (χ2n) is 5.60. The molecular formula is C14H27NO3. The third-order valence-corrected chi connectivity index (χ3v) is 4.61. The summed E-state index contributed by atoms with van der Waals surface area (Å²) in [5.41, 5.74) is 6.52. The molecule has 0 amide bonds. The molecule has 0 aromatic heterocycles. The van der Waals surface area contributed by atoms with Gasteiger partial charge in [0.25, 0.3) is 0 Å². The molecule has 0 aliphatic heterocycles. The third kappa shape index (κ3) is 3.05. The number of rotatable bonds is 7. The van der Waals surface area contributed by atoms with Gasteiger partial charge in [-0.05, 0) is 19.3 Å². The maximum Gasteiger partial charge on any atom is 0.0704 e. The van der Waals surface area contributed by atoms with Crippen LogP contribution < -0.4 is 5.73 Å². The molecule has 2 aliphatic rings. The zero-order valence-electron chi connectivity index (χ0n) is 11.5. The topological polar surface area (TPSA) is 53.7 Å². The minimum Gasteiger partial charge on any atom is -0.382 e. The van der Waals surface area contributed by atoms with Crippen molar-refractivity contribution in [1.82, 2.24) is 0 Å². The molecule has 2 saturated carbocycles. The molecule has 18 heavy (non-hydrogen) atoms. The Morgan fingerprint density at radius 1 is 1.06 bits per heavy atom. The first kappa shape index (κ1) is 14.3. The Morgan fingerprint density at radius 3 is 2.44 bits per heavy atom. The van der Waals surface area contributed by atoms with E-state index in [1.807, 2.05) is 0 Å². The van der Waals surface area contributed by atoms with E-state index in [9.17, 15) is 0 Å². The average Bonchev–Trinajstić information content (AvgIpc) is 2.42. The van der Waals surface area contributed by atoms with Crippen molar-refractivity contribution < 1.29 is 14.2 Å². The fraction of sp³-hybridized carbons (Fsp3) is 1.00. The van der Waals surface area contributed by atoms with E-state index in [-0.39, 0.29) is 0 Å². The third-order valence-electron chi connectivity index (χ3n) is 4.61. The van der Waals surface area contributed by atoms with Gasteiger partial charge in [0.05, 0.1) is 32.5 Å². The second-order valence-corrected chi connectivity index (χ2v) is 5.60. The molecule has 2 aliphatic carbocycles. The van der Waals surface area contributed by atoms with Crippen molar-refractivity contribution in [3.05, 3.63) is 0 Å². The van der Waals surface area contributed by atoms with E-state index in [0.717, 1.165) is 6.42 Å². The minimum absolute atomic E-state index is 0.296. The molecule has 106 valence electrons. The number of hydrogen-bond donors (Lipinski definition) is 1. The summed E-state index contributed by atoms with van der Waals surface area (Å²) in [5.74, 6) is 0. The Morgan fingerprint density at radius 2 is 1.78 bits per heavy atom. The highest BCUT2D eigenvalue weighted by molar-refractivity contribution is 5.07. The van der Waals surface area contributed by atoms with Crippen LogP contribution in [0.2, 0.25) is 0 Å². The molecule has 2 rings (SSSR count). The highest BCUT2D eigenvalue weighted by Gasteiger charge is 2.53. The van der Waals surface area contributed by atoms with Crippen LogP contribution in [-0.2, 0) is 14.2 Å². The largest absolute Gasteiger partial charge is 0.382 e. The summed E-state index contributed by atoms with van der Waals surface area (Å²) < 4.78 is 16.3. The van der Waals surface area contributed by atoms with Gasteiger partial charge in [-0.1, -0.05) is 19.3 Å². The summed E-state index contributed by atoms with van der Waals surface area (Å²) in [4.78, 5) is 0. The quantitative estimate of drug-likeness (QED) is 0.706. The Kier molecular flexibility index (Phi) is 5.42. The van der Waals surface area contributed by atoms with Crippen molar-refractivity contribution in [3.8, 4) is 0 Å². The molecule has 4 heteroatoms. The summed E-state index contributed by atoms with van der Waals surface area (Å²) in [6.07, 6.45) is 7.90. The summed E-state index contributed by atoms with van der Waals surface area (Å²) in [7, 11) is 1.68. The van der Waals surface area contributed by atoms with Gasteiger partial charge in [-0.25, -0.2) is 0 Å². The van der Waals surface area contributed by atoms with Gasteiger partial charge in [0.1, 0.15) is 0 Å². The molecule has 0 aromatic carbocycles. The van der Waals surface area contributed by atoms with Gasteiger partial charge < -0.3 is 19.9 Å². The van der Waals surface area contributed by atoms with Gasteiger partial charge in [0.2, 0.25) is 0 Å². The molecule has 0 heterocycles. The zero-order valence-corrected chi connectivity index (χ0v) is 11.5. The zero-order chi connectivity index (χ0) is 12.8. The van der Waals surface area contributed by atoms with Crippen LogP contribution in [0, 0.1) is 5.41 Å². The van der Waals surface area contributed by atoms with E-state index >= 15 is 0 Å². The Hall–Kier alpha value is -0.160. The predicted molar refractivity (Wildman–Crippen MR) is 70.5 cm³/mol. The molecular weight excluding hydrogens is 230 g/mol. The first-order valence-corrected chi connectivity index (χ1v) is 7.23. The second kappa shape index (κ2) is 6.85. The lowest BCUT2D eigenvalue weighted by Crippen LogP contribution is -2.63. The molecule has 4 nitrogen and oxygen atoms in total. The molecule has 0 saturated heterocycles. The Balaban J connectivity index is 1.64. The molecule has 2 fully saturated rings. The normalized spacial score (nSPS) is 30.3. The van der Waals surface area contributed by atoms with Crippen molar-refractivity contribution in [1.29, 1.82) is 0 Å². The smallest absolute Gasteiger partial charge is 0.0704 e. The Labute approximate surface area is 110 Å². The fourth-order valence-electron chi connectivity index (χ4n) is 3.41. The lowest BCUT2D eigenvalue weighted by molar-refractivity contribution is -0.150. The highest BCUT2D eigenvalue weighted by Crippen LogP contribution is 2.52. The molecule has 1 spiro atoms. The molecule has 0 bridgehead atoms. The monoisotopic (exact) mass is 257 g/mol. The van der Waals surface area contributed by atoms with E-state index in [1.54, 1.807) is 7.11 Å². The maximum atomic E-state index is 6.22. The van der Waals surface area contributed by atoms with Gasteiger partial charge >= 0.3 is 0 Å². The van der Waals surface area contributed by atoms with Crippen LogP contribution in [0.4, 0.5) is 0 Å². The molecule has 0 radical (unpaired) electrons. The van der Waals surface area contributed by atoms with Crippen LogP contribution in [0.5, 0.6) is 0 Å². The van der Waals surface area contributed by atoms with E-state index in [2.05, 4.69) is 0 Å². The molecule has 2 N–H and O–H groups in total. The van der Waals surface area contributed by atoms with Crippen molar-refractivity contribution in [2.75, 3.05) is 33.5 Å². The van der Waals surface area contributed by atoms with Crippen molar-refractivity contribution in [3.63, 3.8) is 0 Å². The number of ether oxygens (including phenoxy) is 3. The fourth-order valence-corrected chi connectivity index (χ4v) is 3.41. The van der Waals surface area contributed by atoms with E-state index in [1.165, 1.54) is 32.1 Å². The maximum absolute atomic E-state index is 6.22. The minimum atomic E-state index is 0.296. The SMILES string of the molecule is COCCOCCOC1CC(N)C12CCCCC2. The van der Waals surface area contributed by atoms with Crippen LogP contribution in [0.15, 0.2) is 0 Å². The van der Waals surface area contributed by atoms with Gasteiger partial charge in [-0.2, -0.15) is 0 Å². The molecule has 2 atom stereocenters. The van der Waals surface area contributed by atoms with Crippen LogP contribution in [0.1, 0.15) is 38.5 Å². The van der Waals surface area contributed by atoms with E-state index < -0.39 is 0 Å². The van der Waals surface area contributed by atoms with Gasteiger partial charge in [-0.3, -0.25) is 0 Å². The van der Waals surface area contributed by atoms with Crippen molar-refractivity contribution >= 4 is 0 Å². The Bertz CT molecular complexity index is 241. The van der Waals surface area contributed by atoms with Gasteiger partial charge in [0, 0.05) is 18.6 Å². The summed E-state index contributed by atoms with van der Waals surface area (Å²) >= 11 is 0. The van der Waals surface area contributed by atoms with Crippen molar-refractivity contribution in [2.45, 2.75) is 50.7 Å². The van der Waals surface area contributed by atoms with Gasteiger partial charge in [-0.15, -0.1) is 0 Å². The number of nitrogens with two attached hydrogens (primary N) is 1. The van der Waals surface area contributed by atoms with Crippen LogP contribution >= 0.6 is 0 Å². The summed E-state index contributed by atoms with van der Waals surface area (Å²) in [6.45, 7) is 2.64. The molecule has 2 unspecified atom stereocenters. The van der Waals surface area contributed by atoms with Gasteiger partial charge in [0.15, 0.2) is 0 Å². The van der Waals surface area contributed by atoms with Crippen LogP contribution in [0.25, 0.3) is 0 Å². The van der Waals surface area contributed by atoms with E-state index in [4.69, 9.17) is 19.9 Å². The highest BCUT2D eigenvalue weighted by atomic mass is 16.5. The first-order valence-electron chi connectivity index (χ1n) is 7.23. The lowest BCUT2D eigenvalue weighted by Gasteiger charge is -2.56. The van der Waals surface area contributed by atoms with Crippen LogP contribution in [-0.4, -0.2) is 45.7 Å². The first-order chi connectivity index (χ1) is 8.79. The average molecular weight is 257 g/mol. The number of methoxy groups -OCH3 is 1.